The Kier molecular flexibility index (Phi) is 5.83. The van der Waals surface area contributed by atoms with Crippen LogP contribution in [0.2, 0.25) is 0 Å². The van der Waals surface area contributed by atoms with Crippen LogP contribution >= 0.6 is 0 Å². The third kappa shape index (κ3) is 4.79. The number of benzene rings is 1. The molecule has 6 heteroatoms. The molecule has 0 radical (unpaired) electrons. The number of aryl methyl sites for hydroxylation is 2. The van der Waals surface area contributed by atoms with Crippen LogP contribution in [0.4, 0.5) is 14.9 Å². The molecular formula is C20H25FN4O. The molecule has 2 heterocycles. The zero-order valence-corrected chi connectivity index (χ0v) is 15.3. The zero-order valence-electron chi connectivity index (χ0n) is 15.3. The number of carbonyl (C=O) groups excluding carboxylic acids is 1. The summed E-state index contributed by atoms with van der Waals surface area (Å²) in [7, 11) is 0. The van der Waals surface area contributed by atoms with Crippen LogP contribution < -0.4 is 10.6 Å². The molecule has 3 rings (SSSR count). The summed E-state index contributed by atoms with van der Waals surface area (Å²) in [4.78, 5) is 18.8. The van der Waals surface area contributed by atoms with Gasteiger partial charge in [-0.1, -0.05) is 18.2 Å². The van der Waals surface area contributed by atoms with Crippen molar-refractivity contribution in [2.75, 3.05) is 18.4 Å². The number of urea groups is 1. The van der Waals surface area contributed by atoms with Gasteiger partial charge in [-0.2, -0.15) is 0 Å². The van der Waals surface area contributed by atoms with Gasteiger partial charge in [-0.3, -0.25) is 9.88 Å². The first-order valence-corrected chi connectivity index (χ1v) is 8.99. The van der Waals surface area contributed by atoms with E-state index >= 15 is 0 Å². The maximum Gasteiger partial charge on any atom is 0.319 e. The van der Waals surface area contributed by atoms with Crippen LogP contribution in [0.25, 0.3) is 0 Å². The number of amides is 2. The average molecular weight is 356 g/mol. The maximum atomic E-state index is 13.8. The third-order valence-electron chi connectivity index (χ3n) is 4.67. The number of hydrogen-bond acceptors (Lipinski definition) is 3. The quantitative estimate of drug-likeness (QED) is 0.880. The highest BCUT2D eigenvalue weighted by molar-refractivity contribution is 5.90. The second kappa shape index (κ2) is 8.27. The van der Waals surface area contributed by atoms with Gasteiger partial charge in [-0.25, -0.2) is 9.18 Å². The number of anilines is 1. The Morgan fingerprint density at radius 1 is 1.27 bits per heavy atom. The molecule has 2 aromatic rings. The first-order valence-electron chi connectivity index (χ1n) is 8.99. The van der Waals surface area contributed by atoms with E-state index in [-0.39, 0.29) is 17.9 Å². The summed E-state index contributed by atoms with van der Waals surface area (Å²) in [5.74, 6) is -0.178. The number of nitrogens with one attached hydrogen (secondary N) is 2. The molecule has 1 saturated heterocycles. The molecule has 0 bridgehead atoms. The van der Waals surface area contributed by atoms with Gasteiger partial charge in [-0.15, -0.1) is 0 Å². The molecule has 0 saturated carbocycles. The van der Waals surface area contributed by atoms with E-state index in [1.165, 1.54) is 6.07 Å². The van der Waals surface area contributed by atoms with Gasteiger partial charge in [0, 0.05) is 30.4 Å². The van der Waals surface area contributed by atoms with Crippen LogP contribution in [0.1, 0.15) is 29.8 Å². The molecule has 0 aliphatic carbocycles. The molecule has 0 spiro atoms. The van der Waals surface area contributed by atoms with Gasteiger partial charge in [0.2, 0.25) is 0 Å². The van der Waals surface area contributed by atoms with Crippen molar-refractivity contribution in [2.24, 2.45) is 0 Å². The Balaban J connectivity index is 1.54. The average Bonchev–Trinajstić information content (AvgIpc) is 2.60. The van der Waals surface area contributed by atoms with Crippen LogP contribution in [-0.4, -0.2) is 35.0 Å². The van der Waals surface area contributed by atoms with Crippen LogP contribution in [0.3, 0.4) is 0 Å². The molecule has 1 aromatic heterocycles. The van der Waals surface area contributed by atoms with Crippen LogP contribution in [0, 0.1) is 19.7 Å². The van der Waals surface area contributed by atoms with E-state index in [1.54, 1.807) is 6.07 Å². The lowest BCUT2D eigenvalue weighted by Gasteiger charge is -2.33. The van der Waals surface area contributed by atoms with Crippen molar-refractivity contribution in [1.29, 1.82) is 0 Å². The molecule has 1 aliphatic rings. The standard InChI is InChI=1S/C20H25FN4O/c1-14-9-10-19(15(2)22-14)24-20(26)23-17-7-5-11-25(13-17)12-16-6-3-4-8-18(16)21/h3-4,6,8-10,17H,5,7,11-13H2,1-2H3,(H2,23,24,26)/t17-/m1/s1. The number of rotatable bonds is 4. The van der Waals surface area contributed by atoms with E-state index < -0.39 is 0 Å². The highest BCUT2D eigenvalue weighted by atomic mass is 19.1. The van der Waals surface area contributed by atoms with Crippen molar-refractivity contribution in [3.05, 3.63) is 59.2 Å². The Hall–Kier alpha value is -2.47. The molecule has 5 nitrogen and oxygen atoms in total. The normalized spacial score (nSPS) is 17.7. The van der Waals surface area contributed by atoms with Gasteiger partial charge in [0.25, 0.3) is 0 Å². The monoisotopic (exact) mass is 356 g/mol. The van der Waals surface area contributed by atoms with E-state index in [2.05, 4.69) is 20.5 Å². The van der Waals surface area contributed by atoms with Crippen molar-refractivity contribution in [2.45, 2.75) is 39.3 Å². The smallest absolute Gasteiger partial charge is 0.319 e. The number of halogens is 1. The fraction of sp³-hybridized carbons (Fsp3) is 0.400. The van der Waals surface area contributed by atoms with Crippen molar-refractivity contribution in [1.82, 2.24) is 15.2 Å². The van der Waals surface area contributed by atoms with Crippen molar-refractivity contribution in [3.8, 4) is 0 Å². The fourth-order valence-corrected chi connectivity index (χ4v) is 3.35. The summed E-state index contributed by atoms with van der Waals surface area (Å²) in [5.41, 5.74) is 3.13. The second-order valence-electron chi connectivity index (χ2n) is 6.85. The second-order valence-corrected chi connectivity index (χ2v) is 6.85. The summed E-state index contributed by atoms with van der Waals surface area (Å²) in [6.45, 7) is 5.98. The summed E-state index contributed by atoms with van der Waals surface area (Å²) in [5, 5.41) is 5.89. The Bertz CT molecular complexity index is 780. The molecule has 1 atom stereocenters. The minimum absolute atomic E-state index is 0.0502. The molecule has 1 aliphatic heterocycles. The minimum atomic E-state index is -0.225. The molecule has 0 unspecified atom stereocenters. The minimum Gasteiger partial charge on any atom is -0.334 e. The Morgan fingerprint density at radius 2 is 2.08 bits per heavy atom. The molecule has 2 amide bonds. The highest BCUT2D eigenvalue weighted by Crippen LogP contribution is 2.17. The topological polar surface area (TPSA) is 57.3 Å². The van der Waals surface area contributed by atoms with E-state index in [4.69, 9.17) is 0 Å². The van der Waals surface area contributed by atoms with Crippen LogP contribution in [-0.2, 0) is 6.54 Å². The van der Waals surface area contributed by atoms with Gasteiger partial charge >= 0.3 is 6.03 Å². The van der Waals surface area contributed by atoms with Gasteiger partial charge in [0.05, 0.1) is 11.4 Å². The lowest BCUT2D eigenvalue weighted by Crippen LogP contribution is -2.48. The lowest BCUT2D eigenvalue weighted by molar-refractivity contribution is 0.181. The summed E-state index contributed by atoms with van der Waals surface area (Å²) >= 11 is 0. The highest BCUT2D eigenvalue weighted by Gasteiger charge is 2.22. The number of hydrogen-bond donors (Lipinski definition) is 2. The number of likely N-dealkylation sites (tertiary alicyclic amines) is 1. The van der Waals surface area contributed by atoms with E-state index in [1.807, 2.05) is 38.1 Å². The van der Waals surface area contributed by atoms with Crippen molar-refractivity contribution < 1.29 is 9.18 Å². The van der Waals surface area contributed by atoms with Crippen LogP contribution in [0.5, 0.6) is 0 Å². The van der Waals surface area contributed by atoms with Crippen molar-refractivity contribution in [3.63, 3.8) is 0 Å². The van der Waals surface area contributed by atoms with Gasteiger partial charge in [0.15, 0.2) is 0 Å². The van der Waals surface area contributed by atoms with Gasteiger partial charge < -0.3 is 10.6 Å². The summed E-state index contributed by atoms with van der Waals surface area (Å²) in [6.07, 6.45) is 1.90. The molecule has 138 valence electrons. The molecule has 26 heavy (non-hydrogen) atoms. The number of pyridine rings is 1. The van der Waals surface area contributed by atoms with Crippen LogP contribution in [0.15, 0.2) is 36.4 Å². The Morgan fingerprint density at radius 3 is 2.85 bits per heavy atom. The van der Waals surface area contributed by atoms with Gasteiger partial charge in [0.1, 0.15) is 5.82 Å². The zero-order chi connectivity index (χ0) is 18.5. The first kappa shape index (κ1) is 18.3. The predicted molar refractivity (Wildman–Crippen MR) is 101 cm³/mol. The van der Waals surface area contributed by atoms with Gasteiger partial charge in [-0.05, 0) is 51.4 Å². The number of aromatic nitrogens is 1. The molecule has 1 fully saturated rings. The molecule has 1 aromatic carbocycles. The maximum absolute atomic E-state index is 13.8. The summed E-state index contributed by atoms with van der Waals surface area (Å²) in [6, 6.07) is 10.4. The SMILES string of the molecule is Cc1ccc(NC(=O)N[C@@H]2CCCN(Cc3ccccc3F)C2)c(C)n1. The Labute approximate surface area is 153 Å². The molecule has 2 N–H and O–H groups in total. The van der Waals surface area contributed by atoms with Crippen molar-refractivity contribution >= 4 is 11.7 Å². The first-order chi connectivity index (χ1) is 12.5. The van der Waals surface area contributed by atoms with E-state index in [9.17, 15) is 9.18 Å². The number of nitrogens with zero attached hydrogens (tertiary/aromatic N) is 2. The predicted octanol–water partition coefficient (Wildman–Crippen LogP) is 3.62. The number of carbonyl (C=O) groups is 1. The largest absolute Gasteiger partial charge is 0.334 e. The molecular weight excluding hydrogens is 331 g/mol. The third-order valence-corrected chi connectivity index (χ3v) is 4.67. The fourth-order valence-electron chi connectivity index (χ4n) is 3.35. The lowest BCUT2D eigenvalue weighted by atomic mass is 10.0. The van der Waals surface area contributed by atoms with E-state index in [0.717, 1.165) is 30.8 Å². The number of piperidine rings is 1. The summed E-state index contributed by atoms with van der Waals surface area (Å²) < 4.78 is 13.8. The van der Waals surface area contributed by atoms with E-state index in [0.29, 0.717) is 24.3 Å².